The number of pyridine rings is 1. The van der Waals surface area contributed by atoms with Crippen LogP contribution in [0.2, 0.25) is 0 Å². The number of hydrogen-bond acceptors (Lipinski definition) is 5. The van der Waals surface area contributed by atoms with Gasteiger partial charge in [0.25, 0.3) is 5.91 Å². The fraction of sp³-hybridized carbons (Fsp3) is 0.0714. The molecule has 2 rings (SSSR count). The number of nitrogen functional groups attached to an aromatic ring is 1. The van der Waals surface area contributed by atoms with E-state index in [0.717, 1.165) is 5.56 Å². The van der Waals surface area contributed by atoms with Crippen molar-refractivity contribution < 1.29 is 9.53 Å². The normalized spacial score (nSPS) is 9.80. The van der Waals surface area contributed by atoms with Crippen LogP contribution in [0.4, 0.5) is 5.69 Å². The fourth-order valence-electron chi connectivity index (χ4n) is 1.61. The van der Waals surface area contributed by atoms with Gasteiger partial charge >= 0.3 is 0 Å². The van der Waals surface area contributed by atoms with Crippen LogP contribution in [0.5, 0.6) is 11.6 Å². The summed E-state index contributed by atoms with van der Waals surface area (Å²) in [6, 6.07) is 8.44. The molecule has 0 aliphatic heterocycles. The Morgan fingerprint density at radius 1 is 1.40 bits per heavy atom. The van der Waals surface area contributed by atoms with Crippen molar-refractivity contribution in [3.8, 4) is 17.7 Å². The van der Waals surface area contributed by atoms with Crippen molar-refractivity contribution in [3.63, 3.8) is 0 Å². The first-order valence-corrected chi connectivity index (χ1v) is 5.75. The molecular weight excluding hydrogens is 256 g/mol. The van der Waals surface area contributed by atoms with Crippen LogP contribution in [0.1, 0.15) is 21.5 Å². The standard InChI is InChI=1S/C14H12N4O2/c1-8-2-3-9(6-15)4-12(8)20-13-5-10(14(17)19)11(16)7-18-13/h2-5,7H,16H2,1H3,(H2,17,19). The van der Waals surface area contributed by atoms with Gasteiger partial charge in [0.15, 0.2) is 0 Å². The van der Waals surface area contributed by atoms with Crippen LogP contribution in [0, 0.1) is 18.3 Å². The summed E-state index contributed by atoms with van der Waals surface area (Å²) >= 11 is 0. The number of rotatable bonds is 3. The summed E-state index contributed by atoms with van der Waals surface area (Å²) in [5, 5.41) is 8.87. The summed E-state index contributed by atoms with van der Waals surface area (Å²) in [5.74, 6) is 0.0141. The van der Waals surface area contributed by atoms with E-state index in [2.05, 4.69) is 4.98 Å². The average molecular weight is 268 g/mol. The van der Waals surface area contributed by atoms with E-state index < -0.39 is 5.91 Å². The van der Waals surface area contributed by atoms with Gasteiger partial charge in [-0.05, 0) is 24.6 Å². The lowest BCUT2D eigenvalue weighted by Crippen LogP contribution is -2.14. The molecule has 0 aliphatic carbocycles. The van der Waals surface area contributed by atoms with Crippen molar-refractivity contribution in [2.45, 2.75) is 6.92 Å². The van der Waals surface area contributed by atoms with E-state index in [9.17, 15) is 4.79 Å². The van der Waals surface area contributed by atoms with E-state index in [1.807, 2.05) is 13.0 Å². The number of ether oxygens (including phenoxy) is 1. The van der Waals surface area contributed by atoms with Crippen LogP contribution in [0.15, 0.2) is 30.5 Å². The minimum absolute atomic E-state index is 0.143. The number of aryl methyl sites for hydroxylation is 1. The number of anilines is 1. The molecule has 1 aromatic carbocycles. The van der Waals surface area contributed by atoms with Crippen LogP contribution in [0.25, 0.3) is 0 Å². The highest BCUT2D eigenvalue weighted by Gasteiger charge is 2.10. The van der Waals surface area contributed by atoms with Gasteiger partial charge in [0.05, 0.1) is 29.1 Å². The number of carbonyl (C=O) groups excluding carboxylic acids is 1. The number of hydrogen-bond donors (Lipinski definition) is 2. The first-order valence-electron chi connectivity index (χ1n) is 5.75. The minimum atomic E-state index is -0.655. The Labute approximate surface area is 115 Å². The monoisotopic (exact) mass is 268 g/mol. The van der Waals surface area contributed by atoms with Crippen LogP contribution in [-0.2, 0) is 0 Å². The number of nitrogens with zero attached hydrogens (tertiary/aromatic N) is 2. The second-order valence-corrected chi connectivity index (χ2v) is 4.17. The van der Waals surface area contributed by atoms with Crippen molar-refractivity contribution in [2.75, 3.05) is 5.73 Å². The third-order valence-corrected chi connectivity index (χ3v) is 2.71. The van der Waals surface area contributed by atoms with Crippen molar-refractivity contribution in [1.29, 1.82) is 5.26 Å². The largest absolute Gasteiger partial charge is 0.439 e. The number of nitriles is 1. The van der Waals surface area contributed by atoms with Gasteiger partial charge in [0, 0.05) is 6.07 Å². The lowest BCUT2D eigenvalue weighted by Gasteiger charge is -2.09. The maximum absolute atomic E-state index is 11.2. The van der Waals surface area contributed by atoms with Gasteiger partial charge < -0.3 is 16.2 Å². The molecule has 100 valence electrons. The summed E-state index contributed by atoms with van der Waals surface area (Å²) in [4.78, 5) is 15.2. The van der Waals surface area contributed by atoms with Crippen molar-refractivity contribution >= 4 is 11.6 Å². The zero-order chi connectivity index (χ0) is 14.7. The Kier molecular flexibility index (Phi) is 3.53. The van der Waals surface area contributed by atoms with Gasteiger partial charge in [-0.25, -0.2) is 4.98 Å². The zero-order valence-corrected chi connectivity index (χ0v) is 10.8. The third kappa shape index (κ3) is 2.67. The average Bonchev–Trinajstić information content (AvgIpc) is 2.43. The number of benzene rings is 1. The highest BCUT2D eigenvalue weighted by atomic mass is 16.5. The summed E-state index contributed by atoms with van der Waals surface area (Å²) in [5.41, 5.74) is 12.4. The predicted molar refractivity (Wildman–Crippen MR) is 73.1 cm³/mol. The van der Waals surface area contributed by atoms with E-state index >= 15 is 0 Å². The first kappa shape index (κ1) is 13.4. The fourth-order valence-corrected chi connectivity index (χ4v) is 1.61. The molecule has 0 bridgehead atoms. The summed E-state index contributed by atoms with van der Waals surface area (Å²) < 4.78 is 5.57. The summed E-state index contributed by atoms with van der Waals surface area (Å²) in [6.07, 6.45) is 1.30. The molecule has 0 spiro atoms. The van der Waals surface area contributed by atoms with Crippen molar-refractivity contribution in [1.82, 2.24) is 4.98 Å². The number of amides is 1. The molecule has 0 atom stereocenters. The summed E-state index contributed by atoms with van der Waals surface area (Å²) in [7, 11) is 0. The maximum atomic E-state index is 11.2. The molecule has 0 unspecified atom stereocenters. The number of carbonyl (C=O) groups is 1. The molecule has 0 saturated carbocycles. The van der Waals surface area contributed by atoms with E-state index in [1.165, 1.54) is 12.3 Å². The Bertz CT molecular complexity index is 720. The lowest BCUT2D eigenvalue weighted by atomic mass is 10.1. The molecule has 0 radical (unpaired) electrons. The SMILES string of the molecule is Cc1ccc(C#N)cc1Oc1cc(C(N)=O)c(N)cn1. The Balaban J connectivity index is 2.38. The van der Waals surface area contributed by atoms with E-state index in [0.29, 0.717) is 11.3 Å². The van der Waals surface area contributed by atoms with Gasteiger partial charge in [-0.2, -0.15) is 5.26 Å². The Morgan fingerprint density at radius 3 is 2.80 bits per heavy atom. The smallest absolute Gasteiger partial charge is 0.251 e. The predicted octanol–water partition coefficient (Wildman–Crippen LogP) is 1.74. The van der Waals surface area contributed by atoms with Gasteiger partial charge in [-0.3, -0.25) is 4.79 Å². The number of primary amides is 1. The first-order chi connectivity index (χ1) is 9.51. The highest BCUT2D eigenvalue weighted by Crippen LogP contribution is 2.26. The number of aromatic nitrogens is 1. The van der Waals surface area contributed by atoms with Gasteiger partial charge in [0.2, 0.25) is 5.88 Å². The third-order valence-electron chi connectivity index (χ3n) is 2.71. The molecule has 0 aliphatic rings. The molecule has 20 heavy (non-hydrogen) atoms. The Morgan fingerprint density at radius 2 is 2.15 bits per heavy atom. The van der Waals surface area contributed by atoms with E-state index in [-0.39, 0.29) is 17.1 Å². The van der Waals surface area contributed by atoms with Gasteiger partial charge in [-0.15, -0.1) is 0 Å². The van der Waals surface area contributed by atoms with E-state index in [4.69, 9.17) is 21.5 Å². The molecule has 0 fully saturated rings. The number of nitrogens with two attached hydrogens (primary N) is 2. The second-order valence-electron chi connectivity index (χ2n) is 4.17. The molecule has 6 nitrogen and oxygen atoms in total. The quantitative estimate of drug-likeness (QED) is 0.879. The molecule has 1 heterocycles. The van der Waals surface area contributed by atoms with Gasteiger partial charge in [-0.1, -0.05) is 6.07 Å². The van der Waals surface area contributed by atoms with Crippen LogP contribution < -0.4 is 16.2 Å². The summed E-state index contributed by atoms with van der Waals surface area (Å²) in [6.45, 7) is 1.84. The topological polar surface area (TPSA) is 115 Å². The Hall–Kier alpha value is -3.07. The van der Waals surface area contributed by atoms with Crippen molar-refractivity contribution in [2.24, 2.45) is 5.73 Å². The van der Waals surface area contributed by atoms with Crippen LogP contribution in [-0.4, -0.2) is 10.9 Å². The molecule has 2 aromatic rings. The molecular formula is C14H12N4O2. The highest BCUT2D eigenvalue weighted by molar-refractivity contribution is 5.98. The lowest BCUT2D eigenvalue weighted by molar-refractivity contribution is 0.100. The maximum Gasteiger partial charge on any atom is 0.251 e. The van der Waals surface area contributed by atoms with Gasteiger partial charge in [0.1, 0.15) is 5.75 Å². The molecule has 4 N–H and O–H groups in total. The van der Waals surface area contributed by atoms with Crippen LogP contribution in [0.3, 0.4) is 0 Å². The van der Waals surface area contributed by atoms with Crippen LogP contribution >= 0.6 is 0 Å². The second kappa shape index (κ2) is 5.28. The molecule has 1 amide bonds. The molecule has 0 saturated heterocycles. The van der Waals surface area contributed by atoms with E-state index in [1.54, 1.807) is 18.2 Å². The molecule has 6 heteroatoms. The zero-order valence-electron chi connectivity index (χ0n) is 10.8. The van der Waals surface area contributed by atoms with Crippen molar-refractivity contribution in [3.05, 3.63) is 47.2 Å². The minimum Gasteiger partial charge on any atom is -0.439 e. The molecule has 1 aromatic heterocycles.